The summed E-state index contributed by atoms with van der Waals surface area (Å²) in [6, 6.07) is 20.7. The first-order valence-corrected chi connectivity index (χ1v) is 11.7. The molecule has 4 rings (SSSR count). The number of hydrogen-bond donors (Lipinski definition) is 2. The van der Waals surface area contributed by atoms with Crippen molar-refractivity contribution in [1.82, 2.24) is 9.88 Å². The summed E-state index contributed by atoms with van der Waals surface area (Å²) in [5, 5.41) is 10.6. The van der Waals surface area contributed by atoms with Crippen molar-refractivity contribution in [3.63, 3.8) is 0 Å². The van der Waals surface area contributed by atoms with Crippen molar-refractivity contribution in [2.75, 3.05) is 6.54 Å². The normalized spacial score (nSPS) is 19.2. The summed E-state index contributed by atoms with van der Waals surface area (Å²) in [6.45, 7) is 5.95. The second kappa shape index (κ2) is 9.50. The Balaban J connectivity index is 1.51. The molecule has 1 aromatic heterocycles. The van der Waals surface area contributed by atoms with Crippen LogP contribution in [0.5, 0.6) is 0 Å². The first-order valence-electron chi connectivity index (χ1n) is 11.7. The highest BCUT2D eigenvalue weighted by Crippen LogP contribution is 2.42. The number of nitrogens with zero attached hydrogens (tertiary/aromatic N) is 2. The highest BCUT2D eigenvalue weighted by atomic mass is 16.6. The number of rotatable bonds is 7. The van der Waals surface area contributed by atoms with Crippen molar-refractivity contribution < 1.29 is 19.4 Å². The molecule has 2 heterocycles. The molecular formula is C28H31N3O4. The maximum absolute atomic E-state index is 13.2. The van der Waals surface area contributed by atoms with Crippen LogP contribution in [-0.4, -0.2) is 39.1 Å². The van der Waals surface area contributed by atoms with Crippen molar-refractivity contribution >= 4 is 12.0 Å². The van der Waals surface area contributed by atoms with Crippen molar-refractivity contribution in [3.05, 3.63) is 89.6 Å². The molecule has 0 spiro atoms. The highest BCUT2D eigenvalue weighted by molar-refractivity contribution is 5.92. The van der Waals surface area contributed by atoms with Gasteiger partial charge in [0.05, 0.1) is 22.9 Å². The third-order valence-electron chi connectivity index (χ3n) is 6.50. The molecule has 1 aliphatic heterocycles. The average molecular weight is 474 g/mol. The van der Waals surface area contributed by atoms with Crippen LogP contribution in [0.25, 0.3) is 11.3 Å². The van der Waals surface area contributed by atoms with Crippen LogP contribution in [0.4, 0.5) is 4.79 Å². The molecule has 1 fully saturated rings. The van der Waals surface area contributed by atoms with E-state index in [1.807, 2.05) is 61.5 Å². The van der Waals surface area contributed by atoms with E-state index < -0.39 is 23.2 Å². The lowest BCUT2D eigenvalue weighted by molar-refractivity contribution is -0.101. The van der Waals surface area contributed by atoms with Gasteiger partial charge in [0.25, 0.3) is 0 Å². The van der Waals surface area contributed by atoms with Crippen LogP contribution >= 0.6 is 0 Å². The zero-order valence-corrected chi connectivity index (χ0v) is 20.3. The van der Waals surface area contributed by atoms with E-state index in [0.717, 1.165) is 22.4 Å². The summed E-state index contributed by atoms with van der Waals surface area (Å²) in [7, 11) is 0. The minimum atomic E-state index is -0.997. The van der Waals surface area contributed by atoms with Gasteiger partial charge in [0.15, 0.2) is 0 Å². The molecule has 0 aliphatic carbocycles. The van der Waals surface area contributed by atoms with E-state index in [2.05, 4.69) is 4.98 Å². The van der Waals surface area contributed by atoms with Crippen molar-refractivity contribution in [2.45, 2.75) is 50.9 Å². The number of benzene rings is 2. The minimum Gasteiger partial charge on any atom is -0.438 e. The fraction of sp³-hybridized carbons (Fsp3) is 0.321. The van der Waals surface area contributed by atoms with Gasteiger partial charge in [-0.1, -0.05) is 54.6 Å². The Bertz CT molecular complexity index is 1190. The second-order valence-corrected chi connectivity index (χ2v) is 9.76. The number of aliphatic hydroxyl groups is 1. The Morgan fingerprint density at radius 3 is 2.37 bits per heavy atom. The lowest BCUT2D eigenvalue weighted by atomic mass is 9.80. The van der Waals surface area contributed by atoms with E-state index in [9.17, 15) is 14.7 Å². The minimum absolute atomic E-state index is 0.197. The predicted octanol–water partition coefficient (Wildman–Crippen LogP) is 4.81. The van der Waals surface area contributed by atoms with Gasteiger partial charge >= 0.3 is 6.09 Å². The van der Waals surface area contributed by atoms with E-state index in [1.54, 1.807) is 30.9 Å². The predicted molar refractivity (Wildman–Crippen MR) is 133 cm³/mol. The average Bonchev–Trinajstić information content (AvgIpc) is 2.83. The number of carbonyl (C=O) groups excluding carboxylic acids is 2. The number of carbonyl (C=O) groups is 2. The third kappa shape index (κ3) is 5.35. The number of nitrogens with two attached hydrogens (primary N) is 1. The molecular weight excluding hydrogens is 442 g/mol. The summed E-state index contributed by atoms with van der Waals surface area (Å²) in [5.74, 6) is -0.513. The highest BCUT2D eigenvalue weighted by Gasteiger charge is 2.46. The molecule has 3 N–H and O–H groups in total. The first kappa shape index (κ1) is 24.4. The summed E-state index contributed by atoms with van der Waals surface area (Å²) in [6.07, 6.45) is 1.95. The standard InChI is InChI=1S/C28H31N3O4/c1-19(20-9-11-21(12-10-20)24-14-13-22(17-30-24)25(29)32)31-16-15-28(35-26(31)33,18-27(2,3)34)23-7-5-4-6-8-23/h4-14,17,19,34H,15-16,18H2,1-3H3,(H2,29,32)/t19-,28?/m0/s1. The molecule has 182 valence electrons. The molecule has 1 aliphatic rings. The number of primary amides is 1. The number of hydrogen-bond acceptors (Lipinski definition) is 5. The van der Waals surface area contributed by atoms with Crippen LogP contribution in [0.15, 0.2) is 72.9 Å². The maximum atomic E-state index is 13.2. The van der Waals surface area contributed by atoms with Crippen LogP contribution in [0.2, 0.25) is 0 Å². The summed E-state index contributed by atoms with van der Waals surface area (Å²) < 4.78 is 6.09. The second-order valence-electron chi connectivity index (χ2n) is 9.76. The molecule has 0 radical (unpaired) electrons. The van der Waals surface area contributed by atoms with Crippen LogP contribution in [0.1, 0.15) is 61.1 Å². The Morgan fingerprint density at radius 2 is 1.83 bits per heavy atom. The van der Waals surface area contributed by atoms with E-state index in [0.29, 0.717) is 24.9 Å². The van der Waals surface area contributed by atoms with Gasteiger partial charge in [-0.25, -0.2) is 4.79 Å². The van der Waals surface area contributed by atoms with Crippen LogP contribution in [-0.2, 0) is 10.3 Å². The Morgan fingerprint density at radius 1 is 1.14 bits per heavy atom. The van der Waals surface area contributed by atoms with Gasteiger partial charge in [0, 0.05) is 31.1 Å². The van der Waals surface area contributed by atoms with Crippen LogP contribution in [0, 0.1) is 0 Å². The Labute approximate surface area is 205 Å². The van der Waals surface area contributed by atoms with E-state index in [-0.39, 0.29) is 6.04 Å². The molecule has 3 aromatic rings. The van der Waals surface area contributed by atoms with E-state index in [1.165, 1.54) is 6.20 Å². The van der Waals surface area contributed by atoms with E-state index in [4.69, 9.17) is 10.5 Å². The molecule has 2 atom stereocenters. The van der Waals surface area contributed by atoms with Gasteiger partial charge in [0.1, 0.15) is 5.60 Å². The number of pyridine rings is 1. The lowest BCUT2D eigenvalue weighted by Gasteiger charge is -2.45. The molecule has 7 heteroatoms. The van der Waals surface area contributed by atoms with Gasteiger partial charge in [-0.15, -0.1) is 0 Å². The van der Waals surface area contributed by atoms with Gasteiger partial charge in [-0.2, -0.15) is 0 Å². The number of cyclic esters (lactones) is 1. The molecule has 2 amide bonds. The first-order chi connectivity index (χ1) is 16.6. The monoisotopic (exact) mass is 473 g/mol. The van der Waals surface area contributed by atoms with Gasteiger partial charge in [-0.05, 0) is 44.0 Å². The summed E-state index contributed by atoms with van der Waals surface area (Å²) >= 11 is 0. The Hall–Kier alpha value is -3.71. The van der Waals surface area contributed by atoms with Crippen LogP contribution < -0.4 is 5.73 Å². The molecule has 2 aromatic carbocycles. The Kier molecular flexibility index (Phi) is 6.63. The van der Waals surface area contributed by atoms with E-state index >= 15 is 0 Å². The molecule has 35 heavy (non-hydrogen) atoms. The summed E-state index contributed by atoms with van der Waals surface area (Å²) in [4.78, 5) is 30.5. The van der Waals surface area contributed by atoms with Crippen molar-refractivity contribution in [2.24, 2.45) is 5.73 Å². The number of amides is 2. The molecule has 7 nitrogen and oxygen atoms in total. The maximum Gasteiger partial charge on any atom is 0.411 e. The quantitative estimate of drug-likeness (QED) is 0.512. The zero-order chi connectivity index (χ0) is 25.2. The molecule has 1 unspecified atom stereocenters. The number of ether oxygens (including phenoxy) is 1. The van der Waals surface area contributed by atoms with Crippen molar-refractivity contribution in [3.8, 4) is 11.3 Å². The zero-order valence-electron chi connectivity index (χ0n) is 20.3. The smallest absolute Gasteiger partial charge is 0.411 e. The SMILES string of the molecule is C[C@@H](c1ccc(-c2ccc(C(N)=O)cn2)cc1)N1CCC(CC(C)(C)O)(c2ccccc2)OC1=O. The number of aromatic nitrogens is 1. The van der Waals surface area contributed by atoms with Crippen LogP contribution in [0.3, 0.4) is 0 Å². The lowest BCUT2D eigenvalue weighted by Crippen LogP contribution is -2.51. The fourth-order valence-electron chi connectivity index (χ4n) is 4.71. The molecule has 0 bridgehead atoms. The van der Waals surface area contributed by atoms with Gasteiger partial charge in [-0.3, -0.25) is 9.78 Å². The van der Waals surface area contributed by atoms with Gasteiger partial charge in [0.2, 0.25) is 5.91 Å². The fourth-order valence-corrected chi connectivity index (χ4v) is 4.71. The molecule has 1 saturated heterocycles. The summed E-state index contributed by atoms with van der Waals surface area (Å²) in [5.41, 5.74) is 7.25. The molecule has 0 saturated carbocycles. The third-order valence-corrected chi connectivity index (χ3v) is 6.50. The van der Waals surface area contributed by atoms with Gasteiger partial charge < -0.3 is 20.5 Å². The largest absolute Gasteiger partial charge is 0.438 e. The topological polar surface area (TPSA) is 106 Å². The van der Waals surface area contributed by atoms with Crippen molar-refractivity contribution in [1.29, 1.82) is 0 Å².